The number of alkyl halides is 3. The Bertz CT molecular complexity index is 414. The molecule has 2 N–H and O–H groups in total. The summed E-state index contributed by atoms with van der Waals surface area (Å²) in [6.07, 6.45) is -4.37. The number of rotatable bonds is 3. The van der Waals surface area contributed by atoms with E-state index in [1.165, 1.54) is 6.07 Å². The molecular formula is C12H14F3NO. The second-order valence-electron chi connectivity index (χ2n) is 4.10. The molecule has 0 aliphatic rings. The molecule has 0 aliphatic carbocycles. The van der Waals surface area contributed by atoms with Crippen molar-refractivity contribution < 1.29 is 18.0 Å². The summed E-state index contributed by atoms with van der Waals surface area (Å²) in [4.78, 5) is 11.0. The van der Waals surface area contributed by atoms with Gasteiger partial charge in [-0.3, -0.25) is 4.79 Å². The normalized spacial score (nSPS) is 15.4. The van der Waals surface area contributed by atoms with Gasteiger partial charge in [0.2, 0.25) is 5.91 Å². The largest absolute Gasteiger partial charge is 0.416 e. The number of primary amides is 1. The van der Waals surface area contributed by atoms with Crippen LogP contribution in [0.25, 0.3) is 0 Å². The van der Waals surface area contributed by atoms with Crippen molar-refractivity contribution in [1.82, 2.24) is 0 Å². The van der Waals surface area contributed by atoms with Gasteiger partial charge in [0.1, 0.15) is 0 Å². The van der Waals surface area contributed by atoms with Crippen LogP contribution in [0, 0.1) is 5.92 Å². The van der Waals surface area contributed by atoms with Crippen LogP contribution in [0.1, 0.15) is 30.9 Å². The first-order valence-electron chi connectivity index (χ1n) is 5.20. The van der Waals surface area contributed by atoms with Gasteiger partial charge in [0.05, 0.1) is 5.56 Å². The van der Waals surface area contributed by atoms with E-state index < -0.39 is 23.6 Å². The fraction of sp³-hybridized carbons (Fsp3) is 0.417. The van der Waals surface area contributed by atoms with E-state index in [4.69, 9.17) is 5.73 Å². The van der Waals surface area contributed by atoms with E-state index in [0.29, 0.717) is 5.56 Å². The average Bonchev–Trinajstić information content (AvgIpc) is 2.26. The summed E-state index contributed by atoms with van der Waals surface area (Å²) in [6.45, 7) is 3.29. The molecule has 17 heavy (non-hydrogen) atoms. The molecule has 94 valence electrons. The Morgan fingerprint density at radius 2 is 1.88 bits per heavy atom. The molecule has 1 amide bonds. The number of nitrogens with two attached hydrogens (primary N) is 1. The summed E-state index contributed by atoms with van der Waals surface area (Å²) in [6, 6.07) is 4.97. The molecule has 0 saturated carbocycles. The minimum atomic E-state index is -4.37. The van der Waals surface area contributed by atoms with Gasteiger partial charge in [-0.2, -0.15) is 13.2 Å². The molecule has 5 heteroatoms. The van der Waals surface area contributed by atoms with Crippen molar-refractivity contribution in [2.45, 2.75) is 25.9 Å². The number of carbonyl (C=O) groups excluding carboxylic acids is 1. The molecule has 1 aromatic rings. The maximum Gasteiger partial charge on any atom is 0.416 e. The summed E-state index contributed by atoms with van der Waals surface area (Å²) in [7, 11) is 0. The predicted octanol–water partition coefficient (Wildman–Crippen LogP) is 2.93. The molecular weight excluding hydrogens is 231 g/mol. The van der Waals surface area contributed by atoms with Crippen LogP contribution in [0.15, 0.2) is 24.3 Å². The smallest absolute Gasteiger partial charge is 0.369 e. The van der Waals surface area contributed by atoms with Gasteiger partial charge in [-0.05, 0) is 17.5 Å². The molecule has 0 bridgehead atoms. The highest BCUT2D eigenvalue weighted by molar-refractivity contribution is 5.77. The van der Waals surface area contributed by atoms with Crippen LogP contribution in [-0.4, -0.2) is 5.91 Å². The third kappa shape index (κ3) is 3.22. The van der Waals surface area contributed by atoms with E-state index >= 15 is 0 Å². The molecule has 0 saturated heterocycles. The van der Waals surface area contributed by atoms with Crippen molar-refractivity contribution in [2.75, 3.05) is 0 Å². The van der Waals surface area contributed by atoms with Crippen molar-refractivity contribution in [1.29, 1.82) is 0 Å². The van der Waals surface area contributed by atoms with Gasteiger partial charge in [0.25, 0.3) is 0 Å². The quantitative estimate of drug-likeness (QED) is 0.874. The van der Waals surface area contributed by atoms with E-state index in [1.807, 2.05) is 0 Å². The summed E-state index contributed by atoms with van der Waals surface area (Å²) in [5.41, 5.74) is 4.89. The number of hydrogen-bond donors (Lipinski definition) is 1. The Labute approximate surface area is 97.6 Å². The van der Waals surface area contributed by atoms with Gasteiger partial charge in [0.15, 0.2) is 0 Å². The Balaban J connectivity index is 3.04. The Morgan fingerprint density at radius 1 is 1.29 bits per heavy atom. The van der Waals surface area contributed by atoms with Crippen LogP contribution in [0.3, 0.4) is 0 Å². The monoisotopic (exact) mass is 245 g/mol. The van der Waals surface area contributed by atoms with Gasteiger partial charge in [-0.15, -0.1) is 0 Å². The van der Waals surface area contributed by atoms with Crippen molar-refractivity contribution in [3.05, 3.63) is 35.4 Å². The Hall–Kier alpha value is -1.52. The Morgan fingerprint density at radius 3 is 2.35 bits per heavy atom. The minimum absolute atomic E-state index is 0.338. The van der Waals surface area contributed by atoms with Crippen LogP contribution in [0.5, 0.6) is 0 Å². The summed E-state index contributed by atoms with van der Waals surface area (Å²) >= 11 is 0. The van der Waals surface area contributed by atoms with Crippen LogP contribution in [0.2, 0.25) is 0 Å². The van der Waals surface area contributed by atoms with Crippen LogP contribution >= 0.6 is 0 Å². The van der Waals surface area contributed by atoms with E-state index in [2.05, 4.69) is 0 Å². The molecule has 1 unspecified atom stereocenters. The lowest BCUT2D eigenvalue weighted by molar-refractivity contribution is -0.137. The maximum atomic E-state index is 12.5. The number of amides is 1. The molecule has 0 spiro atoms. The number of hydrogen-bond acceptors (Lipinski definition) is 1. The van der Waals surface area contributed by atoms with E-state index in [1.54, 1.807) is 19.9 Å². The zero-order valence-corrected chi connectivity index (χ0v) is 9.58. The maximum absolute atomic E-state index is 12.5. The second-order valence-corrected chi connectivity index (χ2v) is 4.10. The van der Waals surface area contributed by atoms with Crippen molar-refractivity contribution in [3.8, 4) is 0 Å². The summed E-state index contributed by atoms with van der Waals surface area (Å²) < 4.78 is 37.5. The number of halogens is 3. The van der Waals surface area contributed by atoms with Crippen molar-refractivity contribution in [3.63, 3.8) is 0 Å². The standard InChI is InChI=1S/C12H14F3NO/c1-7(8(2)11(16)17)9-4-3-5-10(6-9)12(13,14)15/h3-8H,1-2H3,(H2,16,17)/t7-,8?/m1/s1. The van der Waals surface area contributed by atoms with Gasteiger partial charge in [-0.1, -0.05) is 32.0 Å². The van der Waals surface area contributed by atoms with Gasteiger partial charge in [-0.25, -0.2) is 0 Å². The lowest BCUT2D eigenvalue weighted by Crippen LogP contribution is -2.25. The molecule has 0 radical (unpaired) electrons. The molecule has 2 atom stereocenters. The third-order valence-corrected chi connectivity index (χ3v) is 2.94. The summed E-state index contributed by atoms with van der Waals surface area (Å²) in [5.74, 6) is -1.36. The molecule has 1 aromatic carbocycles. The molecule has 1 rings (SSSR count). The van der Waals surface area contributed by atoms with Gasteiger partial charge in [0, 0.05) is 5.92 Å². The van der Waals surface area contributed by atoms with Crippen LogP contribution in [0.4, 0.5) is 13.2 Å². The predicted molar refractivity (Wildman–Crippen MR) is 58.2 cm³/mol. The molecule has 2 nitrogen and oxygen atoms in total. The molecule has 0 fully saturated rings. The van der Waals surface area contributed by atoms with Gasteiger partial charge < -0.3 is 5.73 Å². The van der Waals surface area contributed by atoms with Crippen molar-refractivity contribution in [2.24, 2.45) is 11.7 Å². The second kappa shape index (κ2) is 4.77. The molecule has 0 aliphatic heterocycles. The lowest BCUT2D eigenvalue weighted by Gasteiger charge is -2.18. The molecule has 0 heterocycles. The first kappa shape index (κ1) is 13.5. The highest BCUT2D eigenvalue weighted by Crippen LogP contribution is 2.32. The third-order valence-electron chi connectivity index (χ3n) is 2.94. The summed E-state index contributed by atoms with van der Waals surface area (Å²) in [5, 5.41) is 0. The average molecular weight is 245 g/mol. The fourth-order valence-corrected chi connectivity index (χ4v) is 1.53. The minimum Gasteiger partial charge on any atom is -0.369 e. The van der Waals surface area contributed by atoms with Crippen LogP contribution in [-0.2, 0) is 11.0 Å². The number of carbonyl (C=O) groups is 1. The number of benzene rings is 1. The van der Waals surface area contributed by atoms with E-state index in [-0.39, 0.29) is 5.92 Å². The molecule has 0 aromatic heterocycles. The lowest BCUT2D eigenvalue weighted by atomic mass is 9.88. The first-order chi connectivity index (χ1) is 7.73. The first-order valence-corrected chi connectivity index (χ1v) is 5.20. The zero-order chi connectivity index (χ0) is 13.2. The zero-order valence-electron chi connectivity index (χ0n) is 9.58. The highest BCUT2D eigenvalue weighted by Gasteiger charge is 2.31. The fourth-order valence-electron chi connectivity index (χ4n) is 1.53. The Kier molecular flexibility index (Phi) is 3.80. The SMILES string of the molecule is CC(C(N)=O)[C@@H](C)c1cccc(C(F)(F)F)c1. The highest BCUT2D eigenvalue weighted by atomic mass is 19.4. The van der Waals surface area contributed by atoms with E-state index in [0.717, 1.165) is 12.1 Å². The topological polar surface area (TPSA) is 43.1 Å². The van der Waals surface area contributed by atoms with E-state index in [9.17, 15) is 18.0 Å². The van der Waals surface area contributed by atoms with Gasteiger partial charge >= 0.3 is 6.18 Å². The van der Waals surface area contributed by atoms with Crippen LogP contribution < -0.4 is 5.73 Å². The van der Waals surface area contributed by atoms with Crippen molar-refractivity contribution >= 4 is 5.91 Å².